The summed E-state index contributed by atoms with van der Waals surface area (Å²) >= 11 is 0. The molecule has 0 saturated carbocycles. The predicted octanol–water partition coefficient (Wildman–Crippen LogP) is 12.0. The van der Waals surface area contributed by atoms with Gasteiger partial charge in [0.1, 0.15) is 0 Å². The lowest BCUT2D eigenvalue weighted by atomic mass is 10.1. The second kappa shape index (κ2) is 49.1. The Labute approximate surface area is 259 Å². The van der Waals surface area contributed by atoms with Gasteiger partial charge in [-0.15, -0.1) is 0 Å². The molecule has 248 valence electrons. The summed E-state index contributed by atoms with van der Waals surface area (Å²) in [7, 11) is 0. The van der Waals surface area contributed by atoms with Crippen LogP contribution in [0.25, 0.3) is 0 Å². The van der Waals surface area contributed by atoms with Gasteiger partial charge in [-0.25, -0.2) is 0 Å². The van der Waals surface area contributed by atoms with E-state index in [-0.39, 0.29) is 0 Å². The standard InChI is InChI=1S/C14H30O.C12H26O.C12H22O/c1-2-3-4-5-6-7-8-9-10-11-12-13-14-15;2*1-2-3-4-5-6-7-8-9-10-11-12-13/h15H,2-14H2,1H3;13H,2-12H2,1H3;2-5,13H,6-12H2,1H3. The normalized spacial score (nSPS) is 11.1. The van der Waals surface area contributed by atoms with E-state index >= 15 is 0 Å². The third-order valence-corrected chi connectivity index (χ3v) is 7.49. The fourth-order valence-corrected chi connectivity index (χ4v) is 4.74. The van der Waals surface area contributed by atoms with E-state index in [0.29, 0.717) is 19.8 Å². The minimum absolute atomic E-state index is 0.348. The molecule has 3 heteroatoms. The molecule has 0 atom stereocenters. The van der Waals surface area contributed by atoms with Crippen molar-refractivity contribution in [3.05, 3.63) is 24.3 Å². The highest BCUT2D eigenvalue weighted by molar-refractivity contribution is 5.00. The maximum Gasteiger partial charge on any atom is 0.0431 e. The molecule has 3 nitrogen and oxygen atoms in total. The van der Waals surface area contributed by atoms with Gasteiger partial charge in [0.25, 0.3) is 0 Å². The van der Waals surface area contributed by atoms with Crippen molar-refractivity contribution in [3.8, 4) is 0 Å². The van der Waals surface area contributed by atoms with Crippen molar-refractivity contribution in [2.45, 2.75) is 201 Å². The van der Waals surface area contributed by atoms with Gasteiger partial charge in [-0.3, -0.25) is 0 Å². The summed E-state index contributed by atoms with van der Waals surface area (Å²) in [5.41, 5.74) is 0. The Balaban J connectivity index is -0.000000530. The van der Waals surface area contributed by atoms with Crippen LogP contribution in [-0.2, 0) is 0 Å². The number of rotatable bonds is 30. The second-order valence-electron chi connectivity index (χ2n) is 11.8. The van der Waals surface area contributed by atoms with Gasteiger partial charge < -0.3 is 15.3 Å². The van der Waals surface area contributed by atoms with Crippen LogP contribution in [-0.4, -0.2) is 35.1 Å². The smallest absolute Gasteiger partial charge is 0.0431 e. The third kappa shape index (κ3) is 55.9. The molecule has 0 rings (SSSR count). The highest BCUT2D eigenvalue weighted by Gasteiger charge is 1.93. The number of aliphatic hydroxyl groups excluding tert-OH is 3. The molecule has 0 saturated heterocycles. The summed E-state index contributed by atoms with van der Waals surface area (Å²) < 4.78 is 0. The van der Waals surface area contributed by atoms with E-state index in [4.69, 9.17) is 15.3 Å². The van der Waals surface area contributed by atoms with Crippen molar-refractivity contribution in [1.29, 1.82) is 0 Å². The molecule has 0 aliphatic carbocycles. The van der Waals surface area contributed by atoms with Crippen LogP contribution in [0.3, 0.4) is 0 Å². The van der Waals surface area contributed by atoms with Crippen molar-refractivity contribution < 1.29 is 15.3 Å². The quantitative estimate of drug-likeness (QED) is 0.0583. The zero-order valence-electron chi connectivity index (χ0n) is 28.6. The van der Waals surface area contributed by atoms with Crippen LogP contribution < -0.4 is 0 Å². The fourth-order valence-electron chi connectivity index (χ4n) is 4.74. The third-order valence-electron chi connectivity index (χ3n) is 7.49. The largest absolute Gasteiger partial charge is 0.396 e. The summed E-state index contributed by atoms with van der Waals surface area (Å²) in [6.45, 7) is 7.65. The minimum Gasteiger partial charge on any atom is -0.396 e. The SMILES string of the molecule is CC=CC=CCCCCCCCO.CCCCCCCCCCCCCCO.CCCCCCCCCCCCO. The minimum atomic E-state index is 0.348. The van der Waals surface area contributed by atoms with Crippen molar-refractivity contribution >= 4 is 0 Å². The number of unbranched alkanes of at least 4 members (excludes halogenated alkanes) is 25. The Kier molecular flexibility index (Phi) is 53.6. The summed E-state index contributed by atoms with van der Waals surface area (Å²) in [5.74, 6) is 0. The first kappa shape index (κ1) is 44.8. The van der Waals surface area contributed by atoms with Crippen molar-refractivity contribution in [2.24, 2.45) is 0 Å². The second-order valence-corrected chi connectivity index (χ2v) is 11.8. The number of hydrogen-bond donors (Lipinski definition) is 3. The average Bonchev–Trinajstić information content (AvgIpc) is 2.99. The van der Waals surface area contributed by atoms with Gasteiger partial charge in [-0.2, -0.15) is 0 Å². The molecule has 0 aliphatic heterocycles. The monoisotopic (exact) mass is 583 g/mol. The molecule has 0 bridgehead atoms. The summed E-state index contributed by atoms with van der Waals surface area (Å²) in [4.78, 5) is 0. The van der Waals surface area contributed by atoms with E-state index in [0.717, 1.165) is 19.3 Å². The molecule has 41 heavy (non-hydrogen) atoms. The van der Waals surface area contributed by atoms with Crippen LogP contribution in [0.5, 0.6) is 0 Å². The van der Waals surface area contributed by atoms with Gasteiger partial charge in [-0.1, -0.05) is 186 Å². The zero-order chi connectivity index (χ0) is 30.7. The van der Waals surface area contributed by atoms with Gasteiger partial charge >= 0.3 is 0 Å². The van der Waals surface area contributed by atoms with E-state index in [2.05, 4.69) is 32.1 Å². The highest BCUT2D eigenvalue weighted by atomic mass is 16.3. The van der Waals surface area contributed by atoms with Crippen LogP contribution in [0.1, 0.15) is 201 Å². The van der Waals surface area contributed by atoms with Crippen molar-refractivity contribution in [2.75, 3.05) is 19.8 Å². The molecule has 0 aromatic heterocycles. The van der Waals surface area contributed by atoms with Gasteiger partial charge in [0.15, 0.2) is 0 Å². The van der Waals surface area contributed by atoms with E-state index in [1.165, 1.54) is 161 Å². The zero-order valence-corrected chi connectivity index (χ0v) is 28.6. The number of aliphatic hydroxyl groups is 3. The highest BCUT2D eigenvalue weighted by Crippen LogP contribution is 2.12. The van der Waals surface area contributed by atoms with E-state index in [1.54, 1.807) is 0 Å². The predicted molar refractivity (Wildman–Crippen MR) is 186 cm³/mol. The molecule has 0 radical (unpaired) electrons. The molecule has 3 N–H and O–H groups in total. The first-order valence-corrected chi connectivity index (χ1v) is 18.3. The van der Waals surface area contributed by atoms with E-state index < -0.39 is 0 Å². The molecule has 0 heterocycles. The Morgan fingerprint density at radius 3 is 0.878 bits per heavy atom. The first-order chi connectivity index (χ1) is 20.2. The Morgan fingerprint density at radius 1 is 0.341 bits per heavy atom. The first-order valence-electron chi connectivity index (χ1n) is 18.3. The van der Waals surface area contributed by atoms with Gasteiger partial charge in [0, 0.05) is 19.8 Å². The topological polar surface area (TPSA) is 60.7 Å². The van der Waals surface area contributed by atoms with E-state index in [1.807, 2.05) is 13.0 Å². The molecule has 0 unspecified atom stereocenters. The van der Waals surface area contributed by atoms with Gasteiger partial charge in [0.05, 0.1) is 0 Å². The average molecular weight is 583 g/mol. The van der Waals surface area contributed by atoms with Crippen LogP contribution >= 0.6 is 0 Å². The molecule has 0 aromatic rings. The molecule has 0 fully saturated rings. The Morgan fingerprint density at radius 2 is 0.610 bits per heavy atom. The molecular weight excluding hydrogens is 504 g/mol. The maximum atomic E-state index is 8.61. The molecule has 0 amide bonds. The molecule has 0 aromatic carbocycles. The van der Waals surface area contributed by atoms with Crippen LogP contribution in [0, 0.1) is 0 Å². The summed E-state index contributed by atoms with van der Waals surface area (Å²) in [6.07, 6.45) is 45.1. The number of hydrogen-bond acceptors (Lipinski definition) is 3. The molecule has 0 spiro atoms. The lowest BCUT2D eigenvalue weighted by Crippen LogP contribution is -1.84. The number of allylic oxidation sites excluding steroid dienone is 4. The molecule has 0 aliphatic rings. The lowest BCUT2D eigenvalue weighted by Gasteiger charge is -2.01. The van der Waals surface area contributed by atoms with Gasteiger partial charge in [-0.05, 0) is 39.0 Å². The van der Waals surface area contributed by atoms with Gasteiger partial charge in [0.2, 0.25) is 0 Å². The summed E-state index contributed by atoms with van der Waals surface area (Å²) in [6, 6.07) is 0. The summed E-state index contributed by atoms with van der Waals surface area (Å²) in [5, 5.41) is 25.7. The van der Waals surface area contributed by atoms with Crippen LogP contribution in [0.2, 0.25) is 0 Å². The maximum absolute atomic E-state index is 8.61. The van der Waals surface area contributed by atoms with Crippen molar-refractivity contribution in [1.82, 2.24) is 0 Å². The fraction of sp³-hybridized carbons (Fsp3) is 0.895. The van der Waals surface area contributed by atoms with Crippen LogP contribution in [0.4, 0.5) is 0 Å². The Bertz CT molecular complexity index is 425. The Hall–Kier alpha value is -0.640. The van der Waals surface area contributed by atoms with Crippen LogP contribution in [0.15, 0.2) is 24.3 Å². The van der Waals surface area contributed by atoms with E-state index in [9.17, 15) is 0 Å². The van der Waals surface area contributed by atoms with Crippen molar-refractivity contribution in [3.63, 3.8) is 0 Å². The lowest BCUT2D eigenvalue weighted by molar-refractivity contribution is 0.282. The molecular formula is C38H78O3.